The van der Waals surface area contributed by atoms with Gasteiger partial charge in [0.25, 0.3) is 0 Å². The Kier molecular flexibility index (Phi) is 5.71. The lowest BCUT2D eigenvalue weighted by Gasteiger charge is -2.13. The first-order valence-corrected chi connectivity index (χ1v) is 9.10. The summed E-state index contributed by atoms with van der Waals surface area (Å²) in [7, 11) is 0. The predicted molar refractivity (Wildman–Crippen MR) is 97.7 cm³/mol. The molecule has 1 atom stereocenters. The standard InChI is InChI=1S/C19H20FN3OS/c1-3-14(2)25-19-22-21-18(23(19)15-9-5-4-6-10-15)13-24-17-12-8-7-11-16(17)20/h4-12,14H,3,13H2,1-2H3. The third-order valence-corrected chi connectivity index (χ3v) is 5.00. The van der Waals surface area contributed by atoms with Gasteiger partial charge in [-0.1, -0.05) is 55.9 Å². The molecule has 0 spiro atoms. The van der Waals surface area contributed by atoms with E-state index in [2.05, 4.69) is 24.0 Å². The van der Waals surface area contributed by atoms with Crippen LogP contribution in [-0.2, 0) is 6.61 Å². The fraction of sp³-hybridized carbons (Fsp3) is 0.263. The number of hydrogen-bond acceptors (Lipinski definition) is 4. The van der Waals surface area contributed by atoms with E-state index in [0.29, 0.717) is 11.1 Å². The van der Waals surface area contributed by atoms with Crippen LogP contribution in [0.3, 0.4) is 0 Å². The number of benzene rings is 2. The molecule has 4 nitrogen and oxygen atoms in total. The Morgan fingerprint density at radius 2 is 1.80 bits per heavy atom. The summed E-state index contributed by atoms with van der Waals surface area (Å²) in [5.41, 5.74) is 0.963. The quantitative estimate of drug-likeness (QED) is 0.565. The first-order chi connectivity index (χ1) is 12.2. The van der Waals surface area contributed by atoms with Crippen LogP contribution in [0.1, 0.15) is 26.1 Å². The van der Waals surface area contributed by atoms with Crippen molar-refractivity contribution in [1.29, 1.82) is 0 Å². The molecule has 0 N–H and O–H groups in total. The summed E-state index contributed by atoms with van der Waals surface area (Å²) in [5, 5.41) is 9.82. The largest absolute Gasteiger partial charge is 0.483 e. The van der Waals surface area contributed by atoms with E-state index in [0.717, 1.165) is 17.3 Å². The molecule has 0 aliphatic heterocycles. The highest BCUT2D eigenvalue weighted by atomic mass is 32.2. The van der Waals surface area contributed by atoms with Crippen molar-refractivity contribution in [2.45, 2.75) is 37.3 Å². The van der Waals surface area contributed by atoms with E-state index in [1.165, 1.54) is 6.07 Å². The van der Waals surface area contributed by atoms with Crippen molar-refractivity contribution >= 4 is 11.8 Å². The van der Waals surface area contributed by atoms with Gasteiger partial charge >= 0.3 is 0 Å². The van der Waals surface area contributed by atoms with Crippen LogP contribution >= 0.6 is 11.8 Å². The molecule has 3 rings (SSSR count). The third-order valence-electron chi connectivity index (χ3n) is 3.79. The van der Waals surface area contributed by atoms with E-state index in [4.69, 9.17) is 4.74 Å². The normalized spacial score (nSPS) is 12.1. The smallest absolute Gasteiger partial charge is 0.196 e. The number of hydrogen-bond donors (Lipinski definition) is 0. The van der Waals surface area contributed by atoms with Gasteiger partial charge in [0.15, 0.2) is 22.5 Å². The average molecular weight is 357 g/mol. The SMILES string of the molecule is CCC(C)Sc1nnc(COc2ccccc2F)n1-c1ccccc1. The van der Waals surface area contributed by atoms with Gasteiger partial charge < -0.3 is 4.74 Å². The number of ether oxygens (including phenoxy) is 1. The monoisotopic (exact) mass is 357 g/mol. The molecule has 0 saturated heterocycles. The summed E-state index contributed by atoms with van der Waals surface area (Å²) in [6.45, 7) is 4.44. The van der Waals surface area contributed by atoms with E-state index in [1.54, 1.807) is 30.0 Å². The van der Waals surface area contributed by atoms with Crippen molar-refractivity contribution in [1.82, 2.24) is 14.8 Å². The number of rotatable bonds is 7. The topological polar surface area (TPSA) is 39.9 Å². The van der Waals surface area contributed by atoms with Gasteiger partial charge in [0.2, 0.25) is 0 Å². The molecule has 0 aliphatic carbocycles. The minimum atomic E-state index is -0.387. The Morgan fingerprint density at radius 1 is 1.08 bits per heavy atom. The lowest BCUT2D eigenvalue weighted by atomic mass is 10.3. The Hall–Kier alpha value is -2.34. The first-order valence-electron chi connectivity index (χ1n) is 8.22. The van der Waals surface area contributed by atoms with Gasteiger partial charge in [0, 0.05) is 10.9 Å². The maximum Gasteiger partial charge on any atom is 0.196 e. The molecule has 25 heavy (non-hydrogen) atoms. The van der Waals surface area contributed by atoms with Crippen LogP contribution < -0.4 is 4.74 Å². The summed E-state index contributed by atoms with van der Waals surface area (Å²) in [6.07, 6.45) is 1.04. The van der Waals surface area contributed by atoms with Crippen LogP contribution in [0.2, 0.25) is 0 Å². The summed E-state index contributed by atoms with van der Waals surface area (Å²) >= 11 is 1.67. The molecule has 0 bridgehead atoms. The van der Waals surface area contributed by atoms with Crippen LogP contribution in [0.25, 0.3) is 5.69 Å². The first kappa shape index (κ1) is 17.5. The van der Waals surface area contributed by atoms with Gasteiger partial charge in [0.05, 0.1) is 0 Å². The van der Waals surface area contributed by atoms with E-state index in [1.807, 2.05) is 34.9 Å². The van der Waals surface area contributed by atoms with Crippen molar-refractivity contribution < 1.29 is 9.13 Å². The minimum Gasteiger partial charge on any atom is -0.483 e. The lowest BCUT2D eigenvalue weighted by molar-refractivity contribution is 0.278. The van der Waals surface area contributed by atoms with E-state index in [9.17, 15) is 4.39 Å². The predicted octanol–water partition coefficient (Wildman–Crippen LogP) is 4.88. The molecule has 1 aromatic heterocycles. The fourth-order valence-corrected chi connectivity index (χ4v) is 3.20. The second-order valence-corrected chi connectivity index (χ2v) is 7.03. The van der Waals surface area contributed by atoms with Crippen molar-refractivity contribution in [3.8, 4) is 11.4 Å². The Bertz CT molecular complexity index is 823. The highest BCUT2D eigenvalue weighted by Gasteiger charge is 2.17. The third kappa shape index (κ3) is 4.20. The zero-order valence-corrected chi connectivity index (χ0v) is 15.0. The zero-order valence-electron chi connectivity index (χ0n) is 14.2. The van der Waals surface area contributed by atoms with Crippen molar-refractivity contribution in [3.05, 3.63) is 66.2 Å². The Balaban J connectivity index is 1.89. The van der Waals surface area contributed by atoms with Gasteiger partial charge in [-0.2, -0.15) is 0 Å². The second kappa shape index (κ2) is 8.16. The average Bonchev–Trinajstić information content (AvgIpc) is 3.04. The highest BCUT2D eigenvalue weighted by Crippen LogP contribution is 2.27. The molecular formula is C19H20FN3OS. The van der Waals surface area contributed by atoms with Gasteiger partial charge in [0.1, 0.15) is 6.61 Å². The summed E-state index contributed by atoms with van der Waals surface area (Å²) < 4.78 is 21.4. The molecule has 130 valence electrons. The number of thioether (sulfide) groups is 1. The van der Waals surface area contributed by atoms with Crippen molar-refractivity contribution in [2.24, 2.45) is 0 Å². The van der Waals surface area contributed by atoms with Crippen LogP contribution in [-0.4, -0.2) is 20.0 Å². The minimum absolute atomic E-state index is 0.143. The molecule has 6 heteroatoms. The van der Waals surface area contributed by atoms with E-state index < -0.39 is 0 Å². The molecule has 2 aromatic carbocycles. The highest BCUT2D eigenvalue weighted by molar-refractivity contribution is 7.99. The Morgan fingerprint density at radius 3 is 2.52 bits per heavy atom. The summed E-state index contributed by atoms with van der Waals surface area (Å²) in [5.74, 6) is 0.462. The number of aromatic nitrogens is 3. The van der Waals surface area contributed by atoms with Crippen molar-refractivity contribution in [3.63, 3.8) is 0 Å². The van der Waals surface area contributed by atoms with Crippen molar-refractivity contribution in [2.75, 3.05) is 0 Å². The van der Waals surface area contributed by atoms with E-state index in [-0.39, 0.29) is 18.2 Å². The van der Waals surface area contributed by atoms with Gasteiger partial charge in [-0.3, -0.25) is 4.57 Å². The van der Waals surface area contributed by atoms with Crippen LogP contribution in [0.4, 0.5) is 4.39 Å². The fourth-order valence-electron chi connectivity index (χ4n) is 2.27. The van der Waals surface area contributed by atoms with Gasteiger partial charge in [-0.05, 0) is 30.7 Å². The Labute approximate surface area is 151 Å². The molecule has 3 aromatic rings. The summed E-state index contributed by atoms with van der Waals surface area (Å²) in [4.78, 5) is 0. The molecule has 0 fully saturated rings. The second-order valence-electron chi connectivity index (χ2n) is 5.63. The molecule has 1 heterocycles. The molecule has 0 saturated carbocycles. The molecule has 0 aliphatic rings. The maximum absolute atomic E-state index is 13.8. The zero-order chi connectivity index (χ0) is 17.6. The number of para-hydroxylation sites is 2. The molecule has 0 amide bonds. The van der Waals surface area contributed by atoms with E-state index >= 15 is 0 Å². The molecule has 0 radical (unpaired) electrons. The van der Waals surface area contributed by atoms with Crippen LogP contribution in [0.15, 0.2) is 59.8 Å². The molecular weight excluding hydrogens is 337 g/mol. The van der Waals surface area contributed by atoms with Gasteiger partial charge in [-0.25, -0.2) is 4.39 Å². The maximum atomic E-state index is 13.8. The lowest BCUT2D eigenvalue weighted by Crippen LogP contribution is -2.08. The van der Waals surface area contributed by atoms with Crippen LogP contribution in [0, 0.1) is 5.82 Å². The number of nitrogens with zero attached hydrogens (tertiary/aromatic N) is 3. The summed E-state index contributed by atoms with van der Waals surface area (Å²) in [6, 6.07) is 16.2. The van der Waals surface area contributed by atoms with Gasteiger partial charge in [-0.15, -0.1) is 10.2 Å². The molecule has 1 unspecified atom stereocenters. The van der Waals surface area contributed by atoms with Crippen LogP contribution in [0.5, 0.6) is 5.75 Å². The number of halogens is 1.